The summed E-state index contributed by atoms with van der Waals surface area (Å²) < 4.78 is 5.33. The van der Waals surface area contributed by atoms with Crippen molar-refractivity contribution in [1.82, 2.24) is 0 Å². The number of esters is 1. The van der Waals surface area contributed by atoms with Gasteiger partial charge in [0.05, 0.1) is 6.61 Å². The molecule has 0 aliphatic heterocycles. The molecular weight excluding hydrogens is 368 g/mol. The van der Waals surface area contributed by atoms with Crippen LogP contribution in [0.4, 0.5) is 0 Å². The lowest BCUT2D eigenvalue weighted by atomic mass is 9.45. The monoisotopic (exact) mass is 410 g/mol. The second-order valence-corrected chi connectivity index (χ2v) is 11.7. The highest BCUT2D eigenvalue weighted by Gasteiger charge is 2.59. The molecule has 4 aliphatic carbocycles. The number of carbonyl (C=O) groups excluding carboxylic acids is 1. The molecule has 1 unspecified atom stereocenters. The van der Waals surface area contributed by atoms with Crippen molar-refractivity contribution in [2.75, 3.05) is 6.61 Å². The van der Waals surface area contributed by atoms with Crippen LogP contribution in [0.2, 0.25) is 0 Å². The molecule has 8 atom stereocenters. The summed E-state index contributed by atoms with van der Waals surface area (Å²) >= 11 is 0. The lowest BCUT2D eigenvalue weighted by Gasteiger charge is -2.59. The maximum atomic E-state index is 11.6. The van der Waals surface area contributed by atoms with E-state index in [2.05, 4.69) is 39.2 Å². The molecule has 0 aromatic heterocycles. The Labute approximate surface area is 184 Å². The number of hydrogen-bond acceptors (Lipinski definition) is 2. The van der Waals surface area contributed by atoms with Crippen molar-refractivity contribution in [1.29, 1.82) is 0 Å². The predicted molar refractivity (Wildman–Crippen MR) is 123 cm³/mol. The molecular formula is C28H42O2. The van der Waals surface area contributed by atoms with E-state index in [-0.39, 0.29) is 5.97 Å². The van der Waals surface area contributed by atoms with Crippen LogP contribution in [0.25, 0.3) is 0 Å². The topological polar surface area (TPSA) is 26.3 Å². The number of fused-ring (bicyclic) bond motifs is 5. The van der Waals surface area contributed by atoms with E-state index < -0.39 is 0 Å². The van der Waals surface area contributed by atoms with Gasteiger partial charge in [0.2, 0.25) is 0 Å². The van der Waals surface area contributed by atoms with Crippen LogP contribution in [0.1, 0.15) is 91.9 Å². The maximum absolute atomic E-state index is 11.6. The summed E-state index contributed by atoms with van der Waals surface area (Å²) in [5, 5.41) is 0. The molecule has 0 radical (unpaired) electrons. The molecule has 4 rings (SSSR count). The first-order chi connectivity index (χ1) is 14.3. The average molecular weight is 411 g/mol. The fraction of sp³-hybridized carbons (Fsp3) is 0.821. The van der Waals surface area contributed by atoms with Crippen LogP contribution in [0, 0.1) is 58.2 Å². The predicted octanol–water partition coefficient (Wildman–Crippen LogP) is 6.79. The van der Waals surface area contributed by atoms with E-state index in [9.17, 15) is 4.79 Å². The van der Waals surface area contributed by atoms with Gasteiger partial charge in [-0.05, 0) is 105 Å². The molecule has 4 aliphatic rings. The zero-order valence-electron chi connectivity index (χ0n) is 19.8. The molecule has 0 N–H and O–H groups in total. The Morgan fingerprint density at radius 1 is 1.10 bits per heavy atom. The van der Waals surface area contributed by atoms with Crippen molar-refractivity contribution < 1.29 is 9.53 Å². The van der Waals surface area contributed by atoms with Gasteiger partial charge in [0.15, 0.2) is 0 Å². The van der Waals surface area contributed by atoms with E-state index in [0.717, 1.165) is 48.9 Å². The molecule has 30 heavy (non-hydrogen) atoms. The van der Waals surface area contributed by atoms with Gasteiger partial charge in [-0.25, -0.2) is 4.79 Å². The fourth-order valence-electron chi connectivity index (χ4n) is 8.46. The average Bonchev–Trinajstić information content (AvgIpc) is 3.07. The summed E-state index contributed by atoms with van der Waals surface area (Å²) in [5.41, 5.74) is 1.49. The smallest absolute Gasteiger partial charge is 0.333 e. The largest absolute Gasteiger partial charge is 0.462 e. The van der Waals surface area contributed by atoms with Crippen LogP contribution < -0.4 is 0 Å². The number of hydrogen-bond donors (Lipinski definition) is 0. The number of rotatable bonds is 6. The van der Waals surface area contributed by atoms with Gasteiger partial charge in [-0.15, -0.1) is 11.8 Å². The Balaban J connectivity index is 1.38. The second kappa shape index (κ2) is 8.37. The van der Waals surface area contributed by atoms with Gasteiger partial charge < -0.3 is 4.74 Å². The molecule has 3 fully saturated rings. The zero-order valence-corrected chi connectivity index (χ0v) is 19.8. The molecule has 2 nitrogen and oxygen atoms in total. The Hall–Kier alpha value is -1.23. The van der Waals surface area contributed by atoms with Crippen LogP contribution >= 0.6 is 0 Å². The van der Waals surface area contributed by atoms with Crippen LogP contribution in [0.3, 0.4) is 0 Å². The summed E-state index contributed by atoms with van der Waals surface area (Å²) in [6, 6.07) is 0. The van der Waals surface area contributed by atoms with Gasteiger partial charge in [-0.1, -0.05) is 27.4 Å². The minimum Gasteiger partial charge on any atom is -0.462 e. The number of carbonyl (C=O) groups is 1. The highest BCUT2D eigenvalue weighted by molar-refractivity contribution is 5.86. The third-order valence-corrected chi connectivity index (χ3v) is 10.2. The minimum atomic E-state index is -0.245. The van der Waals surface area contributed by atoms with Gasteiger partial charge >= 0.3 is 5.97 Å². The third kappa shape index (κ3) is 3.65. The molecule has 0 amide bonds. The molecule has 0 bridgehead atoms. The van der Waals surface area contributed by atoms with Crippen molar-refractivity contribution in [2.45, 2.75) is 91.9 Å². The summed E-state index contributed by atoms with van der Waals surface area (Å²) in [7, 11) is 0. The van der Waals surface area contributed by atoms with E-state index in [4.69, 9.17) is 4.74 Å². The first-order valence-corrected chi connectivity index (χ1v) is 12.6. The molecule has 3 saturated carbocycles. The summed E-state index contributed by atoms with van der Waals surface area (Å²) in [6.45, 7) is 13.6. The molecule has 0 aromatic rings. The van der Waals surface area contributed by atoms with E-state index in [1.54, 1.807) is 6.92 Å². The quantitative estimate of drug-likeness (QED) is 0.208. The molecule has 2 heteroatoms. The Morgan fingerprint density at radius 3 is 2.63 bits per heavy atom. The fourth-order valence-corrected chi connectivity index (χ4v) is 8.46. The Bertz CT molecular complexity index is 741. The first kappa shape index (κ1) is 22.0. The standard InChI is InChI=1S/C28H42O2/c1-19(2)26(29)30-18-8-9-20(3)23-13-14-24-22-12-11-21-10-6-7-16-27(21,4)25(22)15-17-28(23,24)5/h20-25H,1,8-18H2,2-5H3/t20-,21?,22+,23-,24+,25+,27+,28-/m1/s1. The first-order valence-electron chi connectivity index (χ1n) is 12.6. The van der Waals surface area contributed by atoms with Gasteiger partial charge in [-0.2, -0.15) is 0 Å². The highest BCUT2D eigenvalue weighted by Crippen LogP contribution is 2.67. The van der Waals surface area contributed by atoms with Crippen molar-refractivity contribution in [2.24, 2.45) is 46.3 Å². The van der Waals surface area contributed by atoms with Crippen molar-refractivity contribution in [3.63, 3.8) is 0 Å². The van der Waals surface area contributed by atoms with E-state index in [0.29, 0.717) is 28.9 Å². The zero-order chi connectivity index (χ0) is 21.5. The third-order valence-electron chi connectivity index (χ3n) is 10.2. The Morgan fingerprint density at radius 2 is 1.87 bits per heavy atom. The normalized spacial score (nSPS) is 42.7. The molecule has 0 saturated heterocycles. The van der Waals surface area contributed by atoms with Crippen molar-refractivity contribution in [3.8, 4) is 11.8 Å². The van der Waals surface area contributed by atoms with Crippen LogP contribution in [-0.4, -0.2) is 12.6 Å². The summed E-state index contributed by atoms with van der Waals surface area (Å²) in [5.74, 6) is 11.8. The lowest BCUT2D eigenvalue weighted by Crippen LogP contribution is -2.52. The SMILES string of the molecule is C=C(C)C(=O)OCCC[C@@H](C)[C@H]1CC[C@H]2[C@@H]3CCC4CC#CC[C@]4(C)[C@H]3CC[C@]12C. The molecule has 0 heterocycles. The van der Waals surface area contributed by atoms with Gasteiger partial charge in [0, 0.05) is 18.4 Å². The highest BCUT2D eigenvalue weighted by atomic mass is 16.5. The minimum absolute atomic E-state index is 0.245. The van der Waals surface area contributed by atoms with E-state index >= 15 is 0 Å². The van der Waals surface area contributed by atoms with Crippen LogP contribution in [0.15, 0.2) is 12.2 Å². The van der Waals surface area contributed by atoms with Gasteiger partial charge in [-0.3, -0.25) is 0 Å². The van der Waals surface area contributed by atoms with Gasteiger partial charge in [0.25, 0.3) is 0 Å². The lowest BCUT2D eigenvalue weighted by molar-refractivity contribution is -0.139. The van der Waals surface area contributed by atoms with Crippen molar-refractivity contribution >= 4 is 5.97 Å². The maximum Gasteiger partial charge on any atom is 0.333 e. The van der Waals surface area contributed by atoms with E-state index in [1.165, 1.54) is 44.9 Å². The van der Waals surface area contributed by atoms with Crippen LogP contribution in [-0.2, 0) is 9.53 Å². The van der Waals surface area contributed by atoms with Crippen LogP contribution in [0.5, 0.6) is 0 Å². The van der Waals surface area contributed by atoms with Gasteiger partial charge in [0.1, 0.15) is 0 Å². The summed E-state index contributed by atoms with van der Waals surface area (Å²) in [6.07, 6.45) is 13.0. The molecule has 166 valence electrons. The molecule has 0 spiro atoms. The Kier molecular flexibility index (Phi) is 6.13. The number of ether oxygens (including phenoxy) is 1. The van der Waals surface area contributed by atoms with E-state index in [1.807, 2.05) is 0 Å². The summed E-state index contributed by atoms with van der Waals surface area (Å²) in [4.78, 5) is 11.6. The second-order valence-electron chi connectivity index (χ2n) is 11.7. The molecule has 0 aromatic carbocycles. The van der Waals surface area contributed by atoms with Crippen molar-refractivity contribution in [3.05, 3.63) is 12.2 Å².